The van der Waals surface area contributed by atoms with Crippen LogP contribution < -0.4 is 0 Å². The molecule has 0 heterocycles. The predicted octanol–water partition coefficient (Wildman–Crippen LogP) is 21.5. The lowest BCUT2D eigenvalue weighted by atomic mass is 10.0. The molecule has 0 aromatic heterocycles. The average Bonchev–Trinajstić information content (AvgIpc) is 3.40. The first-order chi connectivity index (χ1) is 36.5. The van der Waals surface area contributed by atoms with Crippen molar-refractivity contribution in [1.82, 2.24) is 0 Å². The monoisotopic (exact) mass is 1030 g/mol. The Balaban J connectivity index is 4.30. The Morgan fingerprint density at radius 1 is 0.284 bits per heavy atom. The molecule has 6 heteroatoms. The van der Waals surface area contributed by atoms with Crippen molar-refractivity contribution in [1.29, 1.82) is 0 Å². The van der Waals surface area contributed by atoms with Gasteiger partial charge in [0, 0.05) is 19.3 Å². The second-order valence-corrected chi connectivity index (χ2v) is 20.9. The van der Waals surface area contributed by atoms with Crippen LogP contribution in [0.4, 0.5) is 0 Å². The van der Waals surface area contributed by atoms with Crippen LogP contribution in [0, 0.1) is 0 Å². The van der Waals surface area contributed by atoms with Crippen LogP contribution >= 0.6 is 0 Å². The first-order valence-corrected chi connectivity index (χ1v) is 31.6. The molecule has 74 heavy (non-hydrogen) atoms. The molecule has 0 saturated heterocycles. The van der Waals surface area contributed by atoms with Crippen molar-refractivity contribution in [3.63, 3.8) is 0 Å². The Bertz CT molecular complexity index is 1420. The molecule has 0 aromatic carbocycles. The van der Waals surface area contributed by atoms with Gasteiger partial charge in [0.2, 0.25) is 0 Å². The van der Waals surface area contributed by atoms with Gasteiger partial charge in [-0.1, -0.05) is 279 Å². The molecule has 0 spiro atoms. The Hall–Kier alpha value is -3.41. The second kappa shape index (κ2) is 62.1. The van der Waals surface area contributed by atoms with Crippen LogP contribution in [-0.4, -0.2) is 37.2 Å². The Morgan fingerprint density at radius 3 is 0.851 bits per heavy atom. The van der Waals surface area contributed by atoms with Crippen molar-refractivity contribution in [3.8, 4) is 0 Å². The van der Waals surface area contributed by atoms with Gasteiger partial charge in [-0.15, -0.1) is 0 Å². The summed E-state index contributed by atoms with van der Waals surface area (Å²) in [6.07, 6.45) is 81.7. The summed E-state index contributed by atoms with van der Waals surface area (Å²) in [4.78, 5) is 38.2. The molecule has 0 radical (unpaired) electrons. The van der Waals surface area contributed by atoms with Gasteiger partial charge in [-0.05, 0) is 96.3 Å². The number of rotatable bonds is 57. The number of hydrogen-bond donors (Lipinski definition) is 0. The predicted molar refractivity (Wildman–Crippen MR) is 321 cm³/mol. The van der Waals surface area contributed by atoms with Crippen LogP contribution in [-0.2, 0) is 28.6 Å². The molecule has 1 unspecified atom stereocenters. The Labute approximate surface area is 458 Å². The van der Waals surface area contributed by atoms with E-state index in [-0.39, 0.29) is 37.5 Å². The number of allylic oxidation sites excluding steroid dienone is 14. The van der Waals surface area contributed by atoms with Crippen molar-refractivity contribution in [3.05, 3.63) is 85.1 Å². The van der Waals surface area contributed by atoms with Crippen LogP contribution in [0.15, 0.2) is 85.1 Å². The van der Waals surface area contributed by atoms with Crippen molar-refractivity contribution in [2.75, 3.05) is 13.2 Å². The third-order valence-corrected chi connectivity index (χ3v) is 13.6. The standard InChI is InChI=1S/C68H118O6/c1-4-7-10-13-16-19-22-25-28-29-30-31-32-33-34-35-36-37-38-39-41-43-46-49-52-55-58-61-67(70)73-64-65(63-72-66(69)60-57-54-51-48-45-42-27-24-21-18-15-12-9-6-3)74-68(71)62-59-56-53-50-47-44-40-26-23-20-17-14-11-8-5-2/h8,11,17,20,22,25-26,29-30,32-33,40,47,50,65H,4-7,9-10,12-16,18-19,21,23-24,27-28,31,34-39,41-46,48-49,51-64H2,1-3H3/b11-8-,20-17-,25-22-,30-29-,33-32-,40-26-,50-47-. The van der Waals surface area contributed by atoms with E-state index in [0.29, 0.717) is 19.3 Å². The van der Waals surface area contributed by atoms with Gasteiger partial charge >= 0.3 is 17.9 Å². The van der Waals surface area contributed by atoms with Crippen LogP contribution in [0.5, 0.6) is 0 Å². The molecule has 0 saturated carbocycles. The van der Waals surface area contributed by atoms with E-state index in [2.05, 4.69) is 106 Å². The van der Waals surface area contributed by atoms with Gasteiger partial charge in [-0.25, -0.2) is 0 Å². The third-order valence-electron chi connectivity index (χ3n) is 13.6. The number of esters is 3. The zero-order chi connectivity index (χ0) is 53.6. The second-order valence-electron chi connectivity index (χ2n) is 20.9. The van der Waals surface area contributed by atoms with Crippen molar-refractivity contribution >= 4 is 17.9 Å². The average molecular weight is 1030 g/mol. The summed E-state index contributed by atoms with van der Waals surface area (Å²) >= 11 is 0. The van der Waals surface area contributed by atoms with Gasteiger partial charge in [0.05, 0.1) is 0 Å². The lowest BCUT2D eigenvalue weighted by molar-refractivity contribution is -0.167. The molecular formula is C68H118O6. The minimum Gasteiger partial charge on any atom is -0.462 e. The summed E-state index contributed by atoms with van der Waals surface area (Å²) < 4.78 is 16.9. The van der Waals surface area contributed by atoms with E-state index in [1.54, 1.807) is 0 Å². The minimum absolute atomic E-state index is 0.0910. The molecular weight excluding hydrogens is 913 g/mol. The van der Waals surface area contributed by atoms with Crippen molar-refractivity contribution in [2.24, 2.45) is 0 Å². The molecule has 0 rings (SSSR count). The highest BCUT2D eigenvalue weighted by Crippen LogP contribution is 2.16. The zero-order valence-electron chi connectivity index (χ0n) is 48.8. The topological polar surface area (TPSA) is 78.9 Å². The summed E-state index contributed by atoms with van der Waals surface area (Å²) in [5, 5.41) is 0. The van der Waals surface area contributed by atoms with Gasteiger partial charge in [-0.2, -0.15) is 0 Å². The smallest absolute Gasteiger partial charge is 0.306 e. The molecule has 0 fully saturated rings. The summed E-state index contributed by atoms with van der Waals surface area (Å²) in [7, 11) is 0. The summed E-state index contributed by atoms with van der Waals surface area (Å²) in [5.74, 6) is -0.924. The first kappa shape index (κ1) is 70.6. The molecule has 0 aliphatic heterocycles. The maximum absolute atomic E-state index is 12.9. The van der Waals surface area contributed by atoms with Gasteiger partial charge < -0.3 is 14.2 Å². The molecule has 426 valence electrons. The quantitative estimate of drug-likeness (QED) is 0.0261. The Morgan fingerprint density at radius 2 is 0.527 bits per heavy atom. The van der Waals surface area contributed by atoms with Crippen molar-refractivity contribution in [2.45, 2.75) is 316 Å². The minimum atomic E-state index is -0.798. The van der Waals surface area contributed by atoms with E-state index in [4.69, 9.17) is 14.2 Å². The maximum atomic E-state index is 12.9. The largest absolute Gasteiger partial charge is 0.462 e. The van der Waals surface area contributed by atoms with E-state index in [1.807, 2.05) is 0 Å². The SMILES string of the molecule is CC/C=C\C/C=C\C/C=C\C/C=C\CCCCC(=O)OC(COC(=O)CCCCCCCCCCCCCC/C=C\C/C=C\C/C=C\CCCCCCC)COC(=O)CCCCCCCCCCCCCCCC. The molecule has 1 atom stereocenters. The van der Waals surface area contributed by atoms with Gasteiger partial charge in [0.25, 0.3) is 0 Å². The normalized spacial score (nSPS) is 12.6. The van der Waals surface area contributed by atoms with Crippen LogP contribution in [0.1, 0.15) is 310 Å². The highest BCUT2D eigenvalue weighted by atomic mass is 16.6. The number of carbonyl (C=O) groups excluding carboxylic acids is 3. The number of ether oxygens (including phenoxy) is 3. The van der Waals surface area contributed by atoms with Gasteiger partial charge in [0.1, 0.15) is 13.2 Å². The number of hydrogen-bond acceptors (Lipinski definition) is 6. The molecule has 0 aliphatic rings. The fourth-order valence-corrected chi connectivity index (χ4v) is 8.91. The van der Waals surface area contributed by atoms with E-state index >= 15 is 0 Å². The molecule has 0 aromatic rings. The van der Waals surface area contributed by atoms with E-state index in [0.717, 1.165) is 89.9 Å². The van der Waals surface area contributed by atoms with Crippen LogP contribution in [0.2, 0.25) is 0 Å². The van der Waals surface area contributed by atoms with E-state index in [9.17, 15) is 14.4 Å². The lowest BCUT2D eigenvalue weighted by Crippen LogP contribution is -2.30. The molecule has 0 amide bonds. The van der Waals surface area contributed by atoms with Crippen LogP contribution in [0.3, 0.4) is 0 Å². The zero-order valence-corrected chi connectivity index (χ0v) is 48.8. The molecule has 0 N–H and O–H groups in total. The first-order valence-electron chi connectivity index (χ1n) is 31.6. The van der Waals surface area contributed by atoms with Gasteiger partial charge in [0.15, 0.2) is 6.10 Å². The summed E-state index contributed by atoms with van der Waals surface area (Å²) in [5.41, 5.74) is 0. The fraction of sp³-hybridized carbons (Fsp3) is 0.750. The summed E-state index contributed by atoms with van der Waals surface area (Å²) in [6, 6.07) is 0. The molecule has 0 bridgehead atoms. The van der Waals surface area contributed by atoms with Gasteiger partial charge in [-0.3, -0.25) is 14.4 Å². The fourth-order valence-electron chi connectivity index (χ4n) is 8.91. The maximum Gasteiger partial charge on any atom is 0.306 e. The number of carbonyl (C=O) groups is 3. The van der Waals surface area contributed by atoms with Crippen molar-refractivity contribution < 1.29 is 28.6 Å². The lowest BCUT2D eigenvalue weighted by Gasteiger charge is -2.18. The highest BCUT2D eigenvalue weighted by Gasteiger charge is 2.19. The van der Waals surface area contributed by atoms with E-state index in [1.165, 1.54) is 173 Å². The van der Waals surface area contributed by atoms with Crippen LogP contribution in [0.25, 0.3) is 0 Å². The number of unbranched alkanes of at least 4 members (excludes halogenated alkanes) is 32. The molecule has 0 aliphatic carbocycles. The third kappa shape index (κ3) is 59.5. The Kier molecular flexibility index (Phi) is 59.3. The summed E-state index contributed by atoms with van der Waals surface area (Å²) in [6.45, 7) is 6.51. The molecule has 6 nitrogen and oxygen atoms in total. The van der Waals surface area contributed by atoms with E-state index < -0.39 is 6.10 Å². The highest BCUT2D eigenvalue weighted by molar-refractivity contribution is 5.71.